The van der Waals surface area contributed by atoms with Gasteiger partial charge in [0.1, 0.15) is 23.8 Å². The predicted molar refractivity (Wildman–Crippen MR) is 79.2 cm³/mol. The molecule has 3 atom stereocenters. The van der Waals surface area contributed by atoms with Gasteiger partial charge in [0.2, 0.25) is 10.0 Å². The van der Waals surface area contributed by atoms with Crippen LogP contribution in [0.2, 0.25) is 0 Å². The zero-order valence-electron chi connectivity index (χ0n) is 12.8. The third-order valence-corrected chi connectivity index (χ3v) is 4.93. The van der Waals surface area contributed by atoms with Crippen LogP contribution >= 0.6 is 0 Å². The Balaban J connectivity index is 1.85. The molecule has 0 unspecified atom stereocenters. The lowest BCUT2D eigenvalue weighted by molar-refractivity contribution is -0.135. The highest BCUT2D eigenvalue weighted by Crippen LogP contribution is 2.26. The van der Waals surface area contributed by atoms with Crippen molar-refractivity contribution >= 4 is 15.9 Å². The maximum Gasteiger partial charge on any atom is 0.262 e. The first-order chi connectivity index (χ1) is 10.4. The SMILES string of the molecule is C[C@@H]1CCC[C@@H](O[C@H](C)C(=O)NS(=O)(=O)Cc2ccon2)C1. The molecule has 1 N–H and O–H groups in total. The van der Waals surface area contributed by atoms with Crippen LogP contribution in [0.1, 0.15) is 45.2 Å². The number of hydrogen-bond donors (Lipinski definition) is 1. The fourth-order valence-electron chi connectivity index (χ4n) is 2.63. The van der Waals surface area contributed by atoms with Crippen molar-refractivity contribution in [1.82, 2.24) is 9.88 Å². The summed E-state index contributed by atoms with van der Waals surface area (Å²) in [6.45, 7) is 3.73. The van der Waals surface area contributed by atoms with Crippen molar-refractivity contribution in [3.05, 3.63) is 18.0 Å². The third kappa shape index (κ3) is 5.10. The summed E-state index contributed by atoms with van der Waals surface area (Å²) < 4.78 is 36.1. The Hall–Kier alpha value is -1.41. The van der Waals surface area contributed by atoms with Crippen molar-refractivity contribution in [3.8, 4) is 0 Å². The van der Waals surface area contributed by atoms with Crippen molar-refractivity contribution in [2.24, 2.45) is 5.92 Å². The topological polar surface area (TPSA) is 98.5 Å². The van der Waals surface area contributed by atoms with E-state index < -0.39 is 27.8 Å². The number of ether oxygens (including phenoxy) is 1. The molecule has 0 aromatic carbocycles. The molecule has 22 heavy (non-hydrogen) atoms. The molecule has 1 heterocycles. The highest BCUT2D eigenvalue weighted by Gasteiger charge is 2.26. The molecule has 1 amide bonds. The third-order valence-electron chi connectivity index (χ3n) is 3.74. The second kappa shape index (κ2) is 7.23. The summed E-state index contributed by atoms with van der Waals surface area (Å²) in [7, 11) is -3.80. The van der Waals surface area contributed by atoms with Gasteiger partial charge in [-0.1, -0.05) is 24.9 Å². The van der Waals surface area contributed by atoms with Crippen LogP contribution in [0, 0.1) is 5.92 Å². The molecule has 0 bridgehead atoms. The van der Waals surface area contributed by atoms with E-state index in [0.29, 0.717) is 5.92 Å². The second-order valence-corrected chi connectivity index (χ2v) is 7.61. The van der Waals surface area contributed by atoms with Crippen LogP contribution < -0.4 is 4.72 Å². The van der Waals surface area contributed by atoms with E-state index in [2.05, 4.69) is 16.6 Å². The summed E-state index contributed by atoms with van der Waals surface area (Å²) in [4.78, 5) is 12.0. The monoisotopic (exact) mass is 330 g/mol. The smallest absolute Gasteiger partial charge is 0.262 e. The first-order valence-electron chi connectivity index (χ1n) is 7.45. The first kappa shape index (κ1) is 17.0. The van der Waals surface area contributed by atoms with E-state index in [0.717, 1.165) is 19.3 Å². The van der Waals surface area contributed by atoms with Gasteiger partial charge < -0.3 is 9.26 Å². The van der Waals surface area contributed by atoms with Gasteiger partial charge in [0, 0.05) is 6.07 Å². The number of aromatic nitrogens is 1. The summed E-state index contributed by atoms with van der Waals surface area (Å²) in [6, 6.07) is 1.44. The van der Waals surface area contributed by atoms with E-state index in [9.17, 15) is 13.2 Å². The van der Waals surface area contributed by atoms with Gasteiger partial charge in [-0.25, -0.2) is 8.42 Å². The quantitative estimate of drug-likeness (QED) is 0.851. The average molecular weight is 330 g/mol. The number of sulfonamides is 1. The summed E-state index contributed by atoms with van der Waals surface area (Å²) in [5.41, 5.74) is 0.245. The Bertz CT molecular complexity index is 584. The van der Waals surface area contributed by atoms with Crippen molar-refractivity contribution in [1.29, 1.82) is 0 Å². The molecular formula is C14H22N2O5S. The number of rotatable bonds is 6. The van der Waals surface area contributed by atoms with Gasteiger partial charge in [-0.05, 0) is 25.7 Å². The largest absolute Gasteiger partial charge is 0.365 e. The summed E-state index contributed by atoms with van der Waals surface area (Å²) in [5.74, 6) is -0.478. The molecule has 1 aliphatic carbocycles. The molecule has 1 fully saturated rings. The minimum absolute atomic E-state index is 0.0164. The van der Waals surface area contributed by atoms with Crippen molar-refractivity contribution < 1.29 is 22.5 Å². The maximum atomic E-state index is 12.0. The number of nitrogens with zero attached hydrogens (tertiary/aromatic N) is 1. The van der Waals surface area contributed by atoms with Crippen LogP contribution in [-0.4, -0.2) is 31.7 Å². The van der Waals surface area contributed by atoms with E-state index >= 15 is 0 Å². The Morgan fingerprint density at radius 1 is 1.55 bits per heavy atom. The van der Waals surface area contributed by atoms with Gasteiger partial charge in [-0.3, -0.25) is 9.52 Å². The molecule has 1 aromatic rings. The zero-order chi connectivity index (χ0) is 16.2. The Labute approximate surface area is 130 Å². The predicted octanol–water partition coefficient (Wildman–Crippen LogP) is 1.60. The van der Waals surface area contributed by atoms with E-state index in [1.165, 1.54) is 18.8 Å². The standard InChI is InChI=1S/C14H22N2O5S/c1-10-4-3-5-13(8-10)21-11(2)14(17)16-22(18,19)9-12-6-7-20-15-12/h6-7,10-11,13H,3-5,8-9H2,1-2H3,(H,16,17)/t10-,11-,13-/m1/s1. The fraction of sp³-hybridized carbons (Fsp3) is 0.714. The molecule has 2 rings (SSSR count). The summed E-state index contributed by atoms with van der Waals surface area (Å²) in [6.07, 6.45) is 4.56. The van der Waals surface area contributed by atoms with Crippen molar-refractivity contribution in [3.63, 3.8) is 0 Å². The lowest BCUT2D eigenvalue weighted by Crippen LogP contribution is -2.41. The lowest BCUT2D eigenvalue weighted by Gasteiger charge is -2.28. The maximum absolute atomic E-state index is 12.0. The molecule has 0 aliphatic heterocycles. The molecule has 8 heteroatoms. The number of nitrogens with one attached hydrogen (secondary N) is 1. The van der Waals surface area contributed by atoms with Crippen LogP contribution in [0.5, 0.6) is 0 Å². The number of hydrogen-bond acceptors (Lipinski definition) is 6. The first-order valence-corrected chi connectivity index (χ1v) is 9.10. The van der Waals surface area contributed by atoms with Crippen molar-refractivity contribution in [2.45, 2.75) is 57.5 Å². The van der Waals surface area contributed by atoms with Crippen LogP contribution in [-0.2, 0) is 25.3 Å². The highest BCUT2D eigenvalue weighted by molar-refractivity contribution is 7.89. The molecule has 0 spiro atoms. The molecule has 7 nitrogen and oxygen atoms in total. The number of carbonyl (C=O) groups excluding carboxylic acids is 1. The molecule has 124 valence electrons. The Morgan fingerprint density at radius 2 is 2.32 bits per heavy atom. The van der Waals surface area contributed by atoms with E-state index in [1.54, 1.807) is 6.92 Å². The van der Waals surface area contributed by atoms with Crippen LogP contribution in [0.4, 0.5) is 0 Å². The van der Waals surface area contributed by atoms with E-state index in [1.807, 2.05) is 4.72 Å². The van der Waals surface area contributed by atoms with Gasteiger partial charge in [-0.15, -0.1) is 0 Å². The molecular weight excluding hydrogens is 308 g/mol. The van der Waals surface area contributed by atoms with Gasteiger partial charge in [-0.2, -0.15) is 0 Å². The van der Waals surface area contributed by atoms with Crippen molar-refractivity contribution in [2.75, 3.05) is 0 Å². The molecule has 1 aliphatic rings. The normalized spacial score (nSPS) is 23.9. The Kier molecular flexibility index (Phi) is 5.57. The Morgan fingerprint density at radius 3 is 2.95 bits per heavy atom. The van der Waals surface area contributed by atoms with Crippen LogP contribution in [0.25, 0.3) is 0 Å². The molecule has 1 saturated carbocycles. The van der Waals surface area contributed by atoms with Gasteiger partial charge >= 0.3 is 0 Å². The minimum atomic E-state index is -3.80. The van der Waals surface area contributed by atoms with E-state index in [-0.39, 0.29) is 11.8 Å². The second-order valence-electron chi connectivity index (χ2n) is 5.89. The average Bonchev–Trinajstić information content (AvgIpc) is 2.90. The van der Waals surface area contributed by atoms with Gasteiger partial charge in [0.25, 0.3) is 5.91 Å². The number of amides is 1. The summed E-state index contributed by atoms with van der Waals surface area (Å²) in [5, 5.41) is 3.52. The summed E-state index contributed by atoms with van der Waals surface area (Å²) >= 11 is 0. The molecule has 0 radical (unpaired) electrons. The van der Waals surface area contributed by atoms with Gasteiger partial charge in [0.15, 0.2) is 0 Å². The molecule has 0 saturated heterocycles. The van der Waals surface area contributed by atoms with E-state index in [4.69, 9.17) is 4.74 Å². The zero-order valence-corrected chi connectivity index (χ0v) is 13.6. The lowest BCUT2D eigenvalue weighted by atomic mass is 9.88. The number of carbonyl (C=O) groups is 1. The molecule has 1 aromatic heterocycles. The van der Waals surface area contributed by atoms with Crippen LogP contribution in [0.3, 0.4) is 0 Å². The van der Waals surface area contributed by atoms with Crippen LogP contribution in [0.15, 0.2) is 16.9 Å². The fourth-order valence-corrected chi connectivity index (χ4v) is 3.71. The van der Waals surface area contributed by atoms with Gasteiger partial charge in [0.05, 0.1) is 6.10 Å². The highest BCUT2D eigenvalue weighted by atomic mass is 32.2. The minimum Gasteiger partial charge on any atom is -0.365 e.